The van der Waals surface area contributed by atoms with Crippen LogP contribution >= 0.6 is 0 Å². The van der Waals surface area contributed by atoms with Crippen LogP contribution < -0.4 is 10.2 Å². The molecule has 1 fully saturated rings. The number of rotatable bonds is 6. The van der Waals surface area contributed by atoms with Crippen molar-refractivity contribution in [3.63, 3.8) is 0 Å². The molecule has 0 unspecified atom stereocenters. The van der Waals surface area contributed by atoms with Gasteiger partial charge in [-0.05, 0) is 36.6 Å². The summed E-state index contributed by atoms with van der Waals surface area (Å²) in [6.07, 6.45) is 4.20. The number of hydrogen-bond donors (Lipinski definition) is 1. The normalized spacial score (nSPS) is 14.5. The maximum absolute atomic E-state index is 13.1. The van der Waals surface area contributed by atoms with E-state index < -0.39 is 0 Å². The van der Waals surface area contributed by atoms with Gasteiger partial charge in [0.25, 0.3) is 5.91 Å². The molecule has 1 aliphatic rings. The third-order valence-electron chi connectivity index (χ3n) is 4.66. The molecule has 0 saturated carbocycles. The number of nitrogens with one attached hydrogen (secondary N) is 1. The highest BCUT2D eigenvalue weighted by Gasteiger charge is 2.23. The maximum Gasteiger partial charge on any atom is 0.274 e. The Bertz CT molecular complexity index is 740. The van der Waals surface area contributed by atoms with Gasteiger partial charge in [0.15, 0.2) is 0 Å². The Hall–Kier alpha value is -2.70. The maximum atomic E-state index is 13.1. The average Bonchev–Trinajstić information content (AvgIpc) is 2.68. The molecule has 6 nitrogen and oxygen atoms in total. The van der Waals surface area contributed by atoms with E-state index in [0.717, 1.165) is 18.7 Å². The summed E-state index contributed by atoms with van der Waals surface area (Å²) in [6.45, 7) is 7.80. The Morgan fingerprint density at radius 1 is 1.11 bits per heavy atom. The van der Waals surface area contributed by atoms with Crippen molar-refractivity contribution in [2.24, 2.45) is 5.92 Å². The molecule has 0 aliphatic carbocycles. The highest BCUT2D eigenvalue weighted by Crippen LogP contribution is 2.17. The zero-order chi connectivity index (χ0) is 19.2. The lowest BCUT2D eigenvalue weighted by Gasteiger charge is -2.35. The molecule has 0 bridgehead atoms. The largest absolute Gasteiger partial charge is 0.369 e. The summed E-state index contributed by atoms with van der Waals surface area (Å²) >= 11 is 0. The quantitative estimate of drug-likeness (QED) is 0.846. The van der Waals surface area contributed by atoms with Crippen LogP contribution in [0.2, 0.25) is 0 Å². The second-order valence-corrected chi connectivity index (χ2v) is 7.15. The number of aromatic nitrogens is 2. The fourth-order valence-electron chi connectivity index (χ4n) is 3.00. The van der Waals surface area contributed by atoms with E-state index in [4.69, 9.17) is 0 Å². The second kappa shape index (κ2) is 8.79. The predicted molar refractivity (Wildman–Crippen MR) is 104 cm³/mol. The lowest BCUT2D eigenvalue weighted by Crippen LogP contribution is -2.49. The Morgan fingerprint density at radius 2 is 1.81 bits per heavy atom. The number of piperazine rings is 1. The van der Waals surface area contributed by atoms with Gasteiger partial charge in [0, 0.05) is 38.4 Å². The molecule has 3 rings (SSSR count). The monoisotopic (exact) mass is 371 g/mol. The van der Waals surface area contributed by atoms with E-state index in [1.165, 1.54) is 18.3 Å². The van der Waals surface area contributed by atoms with Gasteiger partial charge in [-0.15, -0.1) is 0 Å². The minimum Gasteiger partial charge on any atom is -0.369 e. The van der Waals surface area contributed by atoms with Crippen LogP contribution in [-0.2, 0) is 0 Å². The molecule has 1 saturated heterocycles. The number of carbonyl (C=O) groups is 1. The first kappa shape index (κ1) is 19.1. The van der Waals surface area contributed by atoms with Crippen molar-refractivity contribution in [3.8, 4) is 0 Å². The number of anilines is 2. The summed E-state index contributed by atoms with van der Waals surface area (Å²) < 4.78 is 13.1. The molecule has 1 aromatic heterocycles. The molecule has 1 N–H and O–H groups in total. The zero-order valence-corrected chi connectivity index (χ0v) is 15.9. The Kier molecular flexibility index (Phi) is 6.21. The van der Waals surface area contributed by atoms with Crippen molar-refractivity contribution in [1.82, 2.24) is 14.9 Å². The molecular formula is C20H26FN5O. The molecule has 144 valence electrons. The second-order valence-electron chi connectivity index (χ2n) is 7.15. The van der Waals surface area contributed by atoms with Gasteiger partial charge >= 0.3 is 0 Å². The predicted octanol–water partition coefficient (Wildman–Crippen LogP) is 3.04. The molecule has 2 heterocycles. The van der Waals surface area contributed by atoms with Crippen LogP contribution in [0.5, 0.6) is 0 Å². The molecule has 1 aliphatic heterocycles. The van der Waals surface area contributed by atoms with E-state index in [1.807, 2.05) is 0 Å². The standard InChI is InChI=1S/C20H26FN5O/c1-15(2)7-8-22-19-14-23-18(13-24-19)20(27)26-11-9-25(10-12-26)17-5-3-16(21)4-6-17/h3-6,13-15H,7-12H2,1-2H3,(H,22,24). The van der Waals surface area contributed by atoms with Crippen molar-refractivity contribution in [2.45, 2.75) is 20.3 Å². The minimum atomic E-state index is -0.242. The fraction of sp³-hybridized carbons (Fsp3) is 0.450. The first-order valence-corrected chi connectivity index (χ1v) is 9.38. The van der Waals surface area contributed by atoms with Crippen molar-refractivity contribution in [2.75, 3.05) is 42.9 Å². The fourth-order valence-corrected chi connectivity index (χ4v) is 3.00. The number of carbonyl (C=O) groups excluding carboxylic acids is 1. The molecule has 0 atom stereocenters. The topological polar surface area (TPSA) is 61.4 Å². The van der Waals surface area contributed by atoms with Crippen molar-refractivity contribution < 1.29 is 9.18 Å². The van der Waals surface area contributed by atoms with E-state index in [-0.39, 0.29) is 11.7 Å². The van der Waals surface area contributed by atoms with Crippen LogP contribution in [0.4, 0.5) is 15.9 Å². The summed E-state index contributed by atoms with van der Waals surface area (Å²) in [5.41, 5.74) is 1.33. The summed E-state index contributed by atoms with van der Waals surface area (Å²) in [6, 6.07) is 6.45. The Labute approximate surface area is 159 Å². The van der Waals surface area contributed by atoms with E-state index in [1.54, 1.807) is 23.2 Å². The third kappa shape index (κ3) is 5.15. The first-order chi connectivity index (χ1) is 13.0. The van der Waals surface area contributed by atoms with Gasteiger partial charge in [-0.1, -0.05) is 13.8 Å². The third-order valence-corrected chi connectivity index (χ3v) is 4.66. The Balaban J connectivity index is 1.52. The summed E-state index contributed by atoms with van der Waals surface area (Å²) in [5, 5.41) is 3.22. The number of amides is 1. The molecular weight excluding hydrogens is 345 g/mol. The van der Waals surface area contributed by atoms with E-state index in [2.05, 4.69) is 34.0 Å². The van der Waals surface area contributed by atoms with Gasteiger partial charge in [-0.25, -0.2) is 14.4 Å². The molecule has 0 spiro atoms. The van der Waals surface area contributed by atoms with E-state index in [0.29, 0.717) is 43.6 Å². The van der Waals surface area contributed by atoms with Gasteiger partial charge in [0.1, 0.15) is 17.3 Å². The van der Waals surface area contributed by atoms with Gasteiger partial charge in [0.2, 0.25) is 0 Å². The highest BCUT2D eigenvalue weighted by atomic mass is 19.1. The SMILES string of the molecule is CC(C)CCNc1cnc(C(=O)N2CCN(c3ccc(F)cc3)CC2)cn1. The summed E-state index contributed by atoms with van der Waals surface area (Å²) in [7, 11) is 0. The lowest BCUT2D eigenvalue weighted by molar-refractivity contribution is 0.0740. The first-order valence-electron chi connectivity index (χ1n) is 9.38. The van der Waals surface area contributed by atoms with Crippen LogP contribution in [0.3, 0.4) is 0 Å². The molecule has 27 heavy (non-hydrogen) atoms. The molecule has 7 heteroatoms. The van der Waals surface area contributed by atoms with Gasteiger partial charge in [-0.3, -0.25) is 4.79 Å². The number of benzene rings is 1. The summed E-state index contributed by atoms with van der Waals surface area (Å²) in [4.78, 5) is 25.1. The van der Waals surface area contributed by atoms with Crippen molar-refractivity contribution in [1.29, 1.82) is 0 Å². The van der Waals surface area contributed by atoms with Crippen molar-refractivity contribution >= 4 is 17.4 Å². The zero-order valence-electron chi connectivity index (χ0n) is 15.9. The van der Waals surface area contributed by atoms with E-state index >= 15 is 0 Å². The summed E-state index contributed by atoms with van der Waals surface area (Å²) in [5.74, 6) is 0.969. The van der Waals surface area contributed by atoms with Crippen LogP contribution in [0.25, 0.3) is 0 Å². The average molecular weight is 371 g/mol. The molecule has 2 aromatic rings. The number of hydrogen-bond acceptors (Lipinski definition) is 5. The van der Waals surface area contributed by atoms with Crippen LogP contribution in [0.1, 0.15) is 30.8 Å². The smallest absolute Gasteiger partial charge is 0.274 e. The highest BCUT2D eigenvalue weighted by molar-refractivity contribution is 5.92. The van der Waals surface area contributed by atoms with Crippen LogP contribution in [0, 0.1) is 11.7 Å². The van der Waals surface area contributed by atoms with Gasteiger partial charge in [-0.2, -0.15) is 0 Å². The number of halogens is 1. The van der Waals surface area contributed by atoms with Gasteiger partial charge in [0.05, 0.1) is 12.4 Å². The van der Waals surface area contributed by atoms with Crippen molar-refractivity contribution in [3.05, 3.63) is 48.2 Å². The molecule has 1 amide bonds. The molecule has 0 radical (unpaired) electrons. The Morgan fingerprint density at radius 3 is 2.41 bits per heavy atom. The minimum absolute atomic E-state index is 0.102. The number of nitrogens with zero attached hydrogens (tertiary/aromatic N) is 4. The molecule has 1 aromatic carbocycles. The lowest BCUT2D eigenvalue weighted by atomic mass is 10.1. The van der Waals surface area contributed by atoms with Gasteiger partial charge < -0.3 is 15.1 Å². The van der Waals surface area contributed by atoms with Crippen LogP contribution in [0.15, 0.2) is 36.7 Å². The van der Waals surface area contributed by atoms with Crippen LogP contribution in [-0.4, -0.2) is 53.5 Å². The van der Waals surface area contributed by atoms with E-state index in [9.17, 15) is 9.18 Å².